The number of hydrogen-bond acceptors (Lipinski definition) is 5. The number of benzene rings is 2. The van der Waals surface area contributed by atoms with Crippen LogP contribution in [0, 0.1) is 5.41 Å². The number of hydrogen-bond donors (Lipinski definition) is 0. The summed E-state index contributed by atoms with van der Waals surface area (Å²) in [5, 5.41) is 0.686. The fraction of sp³-hybridized carbons (Fsp3) is 0.452. The van der Waals surface area contributed by atoms with Crippen molar-refractivity contribution < 1.29 is 45.3 Å². The molecule has 0 saturated heterocycles. The summed E-state index contributed by atoms with van der Waals surface area (Å²) in [6.45, 7) is 7.83. The summed E-state index contributed by atoms with van der Waals surface area (Å²) in [7, 11) is 0. The van der Waals surface area contributed by atoms with Gasteiger partial charge in [-0.15, -0.1) is 24.5 Å². The third kappa shape index (κ3) is 6.88. The van der Waals surface area contributed by atoms with Crippen molar-refractivity contribution >= 4 is 27.4 Å². The minimum atomic E-state index is -4.88. The van der Waals surface area contributed by atoms with Gasteiger partial charge < -0.3 is 14.2 Å². The smallest absolute Gasteiger partial charge is 0.489 e. The average Bonchev–Trinajstić information content (AvgIpc) is 3.44. The standard InChI is InChI=1S/C31H32F6O4S/c1-5-6-7-8-19-9-12-22(23(15-19)41-31(35,36)37)25-16-20-10-11-21(17-24(20)42-25)39-26-13-14-27(40-28(38)18(2)3)29(26,4)30(32,33)34/h9-12,15-17,26-27H,2,5-8,13-14H2,1,3-4H3. The van der Waals surface area contributed by atoms with E-state index in [2.05, 4.69) is 11.3 Å². The minimum absolute atomic E-state index is 0.000616. The van der Waals surface area contributed by atoms with Gasteiger partial charge >= 0.3 is 18.5 Å². The highest BCUT2D eigenvalue weighted by molar-refractivity contribution is 7.22. The van der Waals surface area contributed by atoms with E-state index in [1.54, 1.807) is 30.3 Å². The fourth-order valence-corrected chi connectivity index (χ4v) is 6.28. The van der Waals surface area contributed by atoms with Crippen molar-refractivity contribution in [2.45, 2.75) is 84.0 Å². The Morgan fingerprint density at radius 3 is 2.38 bits per heavy atom. The van der Waals surface area contributed by atoms with E-state index in [9.17, 15) is 31.1 Å². The van der Waals surface area contributed by atoms with E-state index in [1.165, 1.54) is 30.4 Å². The quantitative estimate of drug-likeness (QED) is 0.0987. The fourth-order valence-electron chi connectivity index (χ4n) is 5.16. The van der Waals surface area contributed by atoms with Crippen LogP contribution in [0.3, 0.4) is 0 Å². The van der Waals surface area contributed by atoms with Crippen molar-refractivity contribution in [3.63, 3.8) is 0 Å². The van der Waals surface area contributed by atoms with E-state index in [-0.39, 0.29) is 35.5 Å². The Morgan fingerprint density at radius 2 is 1.74 bits per heavy atom. The Morgan fingerprint density at radius 1 is 1.02 bits per heavy atom. The van der Waals surface area contributed by atoms with Crippen molar-refractivity contribution in [2.75, 3.05) is 0 Å². The second-order valence-corrected chi connectivity index (χ2v) is 11.9. The van der Waals surface area contributed by atoms with Crippen LogP contribution in [-0.2, 0) is 16.0 Å². The number of halogens is 6. The molecular weight excluding hydrogens is 582 g/mol. The van der Waals surface area contributed by atoms with Crippen LogP contribution < -0.4 is 9.47 Å². The molecule has 2 aromatic carbocycles. The molecule has 0 radical (unpaired) electrons. The first-order valence-electron chi connectivity index (χ1n) is 13.6. The number of thiophene rings is 1. The molecule has 4 rings (SSSR count). The third-order valence-corrected chi connectivity index (χ3v) is 8.74. The summed E-state index contributed by atoms with van der Waals surface area (Å²) in [6, 6.07) is 11.2. The third-order valence-electron chi connectivity index (χ3n) is 7.61. The zero-order valence-electron chi connectivity index (χ0n) is 23.5. The average molecular weight is 615 g/mol. The molecule has 1 heterocycles. The highest BCUT2D eigenvalue weighted by Gasteiger charge is 2.66. The van der Waals surface area contributed by atoms with Gasteiger partial charge in [0.15, 0.2) is 0 Å². The largest absolute Gasteiger partial charge is 0.573 e. The predicted octanol–water partition coefficient (Wildman–Crippen LogP) is 9.80. The van der Waals surface area contributed by atoms with Gasteiger partial charge in [-0.25, -0.2) is 4.79 Å². The van der Waals surface area contributed by atoms with Crippen LogP contribution in [-0.4, -0.2) is 30.7 Å². The first-order chi connectivity index (χ1) is 19.6. The van der Waals surface area contributed by atoms with Gasteiger partial charge in [0.1, 0.15) is 29.1 Å². The van der Waals surface area contributed by atoms with Crippen LogP contribution in [0.5, 0.6) is 11.5 Å². The molecule has 42 heavy (non-hydrogen) atoms. The zero-order chi connectivity index (χ0) is 30.9. The molecule has 1 aliphatic carbocycles. The Bertz CT molecular complexity index is 1440. The zero-order valence-corrected chi connectivity index (χ0v) is 24.3. The van der Waals surface area contributed by atoms with Crippen molar-refractivity contribution in [3.8, 4) is 21.9 Å². The molecule has 0 spiro atoms. The summed E-state index contributed by atoms with van der Waals surface area (Å²) in [4.78, 5) is 12.5. The Labute approximate surface area is 244 Å². The lowest BCUT2D eigenvalue weighted by atomic mass is 9.83. The van der Waals surface area contributed by atoms with Crippen molar-refractivity contribution in [1.29, 1.82) is 0 Å². The maximum atomic E-state index is 14.3. The molecule has 1 aromatic heterocycles. The van der Waals surface area contributed by atoms with Gasteiger partial charge in [-0.1, -0.05) is 32.4 Å². The van der Waals surface area contributed by atoms with Crippen molar-refractivity contribution in [3.05, 3.63) is 60.2 Å². The molecule has 4 nitrogen and oxygen atoms in total. The van der Waals surface area contributed by atoms with Gasteiger partial charge in [-0.3, -0.25) is 0 Å². The normalized spacial score (nSPS) is 21.0. The summed E-state index contributed by atoms with van der Waals surface area (Å²) >= 11 is 1.18. The van der Waals surface area contributed by atoms with Gasteiger partial charge in [0.25, 0.3) is 0 Å². The van der Waals surface area contributed by atoms with Crippen LogP contribution in [0.4, 0.5) is 26.3 Å². The molecule has 1 saturated carbocycles. The van der Waals surface area contributed by atoms with Crippen LogP contribution in [0.2, 0.25) is 0 Å². The number of unbranched alkanes of at least 4 members (excludes halogenated alkanes) is 2. The van der Waals surface area contributed by atoms with Gasteiger partial charge in [0.2, 0.25) is 0 Å². The van der Waals surface area contributed by atoms with E-state index in [1.807, 2.05) is 6.92 Å². The number of carbonyl (C=O) groups excluding carboxylic acids is 1. The second-order valence-electron chi connectivity index (χ2n) is 10.8. The number of alkyl halides is 6. The van der Waals surface area contributed by atoms with Crippen LogP contribution in [0.25, 0.3) is 20.5 Å². The highest BCUT2D eigenvalue weighted by Crippen LogP contribution is 2.53. The van der Waals surface area contributed by atoms with Crippen LogP contribution in [0.15, 0.2) is 54.6 Å². The van der Waals surface area contributed by atoms with Crippen molar-refractivity contribution in [2.24, 2.45) is 5.41 Å². The molecule has 11 heteroatoms. The molecule has 0 N–H and O–H groups in total. The predicted molar refractivity (Wildman–Crippen MR) is 150 cm³/mol. The SMILES string of the molecule is C=C(C)C(=O)OC1CCC(Oc2ccc3cc(-c4ccc(CCCCC)cc4OC(F)(F)F)sc3c2)C1(C)C(F)(F)F. The molecule has 228 valence electrons. The molecule has 3 atom stereocenters. The van der Waals surface area contributed by atoms with E-state index >= 15 is 0 Å². The lowest BCUT2D eigenvalue weighted by Crippen LogP contribution is -2.51. The van der Waals surface area contributed by atoms with Gasteiger partial charge in [-0.05, 0) is 86.9 Å². The molecule has 1 fully saturated rings. The Hall–Kier alpha value is -3.21. The molecule has 3 unspecified atom stereocenters. The number of rotatable bonds is 10. The number of aryl methyl sites for hydroxylation is 1. The summed E-state index contributed by atoms with van der Waals surface area (Å²) < 4.78 is 98.8. The first-order valence-corrected chi connectivity index (χ1v) is 14.5. The minimum Gasteiger partial charge on any atom is -0.489 e. The number of esters is 1. The number of fused-ring (bicyclic) bond motifs is 1. The molecular formula is C31H32F6O4S. The van der Waals surface area contributed by atoms with Gasteiger partial charge in [0.05, 0.1) is 0 Å². The van der Waals surface area contributed by atoms with Crippen LogP contribution in [0.1, 0.15) is 58.4 Å². The van der Waals surface area contributed by atoms with Gasteiger partial charge in [-0.2, -0.15) is 13.2 Å². The Balaban J connectivity index is 1.62. The first kappa shape index (κ1) is 31.7. The van der Waals surface area contributed by atoms with E-state index in [0.717, 1.165) is 31.7 Å². The summed E-state index contributed by atoms with van der Waals surface area (Å²) in [6.07, 6.45) is -9.01. The maximum Gasteiger partial charge on any atom is 0.573 e. The van der Waals surface area contributed by atoms with Crippen LogP contribution >= 0.6 is 11.3 Å². The lowest BCUT2D eigenvalue weighted by Gasteiger charge is -2.37. The summed E-state index contributed by atoms with van der Waals surface area (Å²) in [5.41, 5.74) is -1.47. The maximum absolute atomic E-state index is 14.3. The Kier molecular flexibility index (Phi) is 9.20. The van der Waals surface area contributed by atoms with E-state index in [0.29, 0.717) is 21.4 Å². The second kappa shape index (κ2) is 12.2. The monoisotopic (exact) mass is 614 g/mol. The molecule has 0 bridgehead atoms. The molecule has 3 aromatic rings. The molecule has 0 aliphatic heterocycles. The lowest BCUT2D eigenvalue weighted by molar-refractivity contribution is -0.274. The van der Waals surface area contributed by atoms with E-state index < -0.39 is 36.1 Å². The number of carbonyl (C=O) groups is 1. The topological polar surface area (TPSA) is 44.8 Å². The van der Waals surface area contributed by atoms with Crippen molar-refractivity contribution in [1.82, 2.24) is 0 Å². The molecule has 0 amide bonds. The summed E-state index contributed by atoms with van der Waals surface area (Å²) in [5.74, 6) is -1.03. The molecule has 1 aliphatic rings. The van der Waals surface area contributed by atoms with Gasteiger partial charge in [0, 0.05) is 20.7 Å². The van der Waals surface area contributed by atoms with E-state index in [4.69, 9.17) is 9.47 Å². The number of ether oxygens (including phenoxy) is 3. The highest BCUT2D eigenvalue weighted by atomic mass is 32.1.